The number of methoxy groups -OCH3 is 2. The van der Waals surface area contributed by atoms with E-state index >= 15 is 0 Å². The number of amides is 4. The third kappa shape index (κ3) is 8.12. The lowest BCUT2D eigenvalue weighted by atomic mass is 9.87. The molecule has 0 spiro atoms. The summed E-state index contributed by atoms with van der Waals surface area (Å²) < 4.78 is 11.1. The van der Waals surface area contributed by atoms with E-state index in [-0.39, 0.29) is 35.5 Å². The zero-order valence-electron chi connectivity index (χ0n) is 32.1. The molecule has 2 aliphatic heterocycles. The first-order valence-electron chi connectivity index (χ1n) is 18.8. The number of halogens is 1. The van der Waals surface area contributed by atoms with Gasteiger partial charge in [0.05, 0.1) is 24.4 Å². The first-order valence-corrected chi connectivity index (χ1v) is 19.2. The molecule has 1 fully saturated rings. The van der Waals surface area contributed by atoms with E-state index in [0.717, 1.165) is 78.7 Å². The SMILES string of the molecule is CCC(C)c1c(NC(=O)C2=CCNN(C)C2=O)cccc1-c1cccc(-c2cc3c(c(OC)n2)C(N(C)CCC2CCN(CCOC)C(=O)N2)CC3)c1Cl. The van der Waals surface area contributed by atoms with Gasteiger partial charge in [0, 0.05) is 74.8 Å². The number of aromatic nitrogens is 1. The molecule has 3 atom stereocenters. The van der Waals surface area contributed by atoms with Crippen molar-refractivity contribution < 1.29 is 23.9 Å². The highest BCUT2D eigenvalue weighted by Crippen LogP contribution is 2.45. The van der Waals surface area contributed by atoms with E-state index < -0.39 is 5.91 Å². The lowest BCUT2D eigenvalue weighted by molar-refractivity contribution is -0.131. The number of pyridine rings is 1. The van der Waals surface area contributed by atoms with Gasteiger partial charge < -0.3 is 25.0 Å². The Morgan fingerprint density at radius 1 is 1.13 bits per heavy atom. The minimum atomic E-state index is -0.445. The van der Waals surface area contributed by atoms with Gasteiger partial charge in [0.15, 0.2) is 0 Å². The van der Waals surface area contributed by atoms with Crippen LogP contribution in [0.3, 0.4) is 0 Å². The summed E-state index contributed by atoms with van der Waals surface area (Å²) in [5, 5.41) is 8.08. The van der Waals surface area contributed by atoms with Crippen molar-refractivity contribution in [3.05, 3.63) is 75.8 Å². The van der Waals surface area contributed by atoms with E-state index in [4.69, 9.17) is 26.1 Å². The van der Waals surface area contributed by atoms with Crippen molar-refractivity contribution in [2.75, 3.05) is 66.4 Å². The largest absolute Gasteiger partial charge is 0.481 e. The molecule has 54 heavy (non-hydrogen) atoms. The van der Waals surface area contributed by atoms with Gasteiger partial charge in [-0.25, -0.2) is 15.2 Å². The van der Waals surface area contributed by atoms with Crippen LogP contribution in [0.15, 0.2) is 54.1 Å². The molecule has 13 heteroatoms. The number of urea groups is 1. The van der Waals surface area contributed by atoms with Crippen LogP contribution in [0.5, 0.6) is 5.88 Å². The molecular weight excluding hydrogens is 706 g/mol. The van der Waals surface area contributed by atoms with Crippen LogP contribution in [0.4, 0.5) is 10.5 Å². The predicted octanol–water partition coefficient (Wildman–Crippen LogP) is 6.17. The van der Waals surface area contributed by atoms with Gasteiger partial charge in [-0.05, 0) is 73.9 Å². The maximum atomic E-state index is 13.4. The Morgan fingerprint density at radius 2 is 1.89 bits per heavy atom. The van der Waals surface area contributed by atoms with Crippen molar-refractivity contribution in [3.63, 3.8) is 0 Å². The Balaban J connectivity index is 1.24. The molecule has 3 aliphatic rings. The molecule has 6 rings (SSSR count). The molecule has 4 amide bonds. The van der Waals surface area contributed by atoms with Crippen LogP contribution in [0.2, 0.25) is 5.02 Å². The summed E-state index contributed by atoms with van der Waals surface area (Å²) in [6.07, 6.45) is 6.02. The van der Waals surface area contributed by atoms with Gasteiger partial charge in [0.25, 0.3) is 11.8 Å². The van der Waals surface area contributed by atoms with Gasteiger partial charge in [-0.3, -0.25) is 19.5 Å². The Morgan fingerprint density at radius 3 is 2.63 bits per heavy atom. The lowest BCUT2D eigenvalue weighted by Crippen LogP contribution is -2.53. The molecule has 3 heterocycles. The van der Waals surface area contributed by atoms with E-state index in [1.807, 2.05) is 41.3 Å². The second-order valence-corrected chi connectivity index (χ2v) is 14.7. The molecule has 0 radical (unpaired) electrons. The number of fused-ring (bicyclic) bond motifs is 1. The Hall–Kier alpha value is -4.49. The molecule has 1 aromatic heterocycles. The van der Waals surface area contributed by atoms with Crippen LogP contribution in [-0.2, 0) is 20.7 Å². The van der Waals surface area contributed by atoms with Gasteiger partial charge in [-0.15, -0.1) is 0 Å². The van der Waals surface area contributed by atoms with Crippen LogP contribution < -0.4 is 20.8 Å². The number of carbonyl (C=O) groups is 3. The molecular formula is C41H52ClN7O5. The zero-order valence-corrected chi connectivity index (χ0v) is 32.9. The van der Waals surface area contributed by atoms with E-state index in [1.54, 1.807) is 27.3 Å². The summed E-state index contributed by atoms with van der Waals surface area (Å²) in [4.78, 5) is 47.9. The van der Waals surface area contributed by atoms with Gasteiger partial charge in [0.2, 0.25) is 5.88 Å². The molecule has 0 bridgehead atoms. The second kappa shape index (κ2) is 17.3. The lowest BCUT2D eigenvalue weighted by Gasteiger charge is -2.34. The number of hydrogen-bond donors (Lipinski definition) is 3. The van der Waals surface area contributed by atoms with Gasteiger partial charge in [-0.1, -0.05) is 61.9 Å². The number of rotatable bonds is 14. The molecule has 3 aromatic rings. The Labute approximate surface area is 323 Å². The standard InChI is InChI=1S/C41H52ClN7O5/c1-7-25(2)35-28(10-9-13-32(35)45-38(50)31-16-19-43-48(4)40(31)51)29-11-8-12-30(37(29)42)33-24-26-14-15-34(36(26)39(46-33)54-6)47(3)20-17-27-18-21-49(22-23-53-5)41(52)44-27/h8-13,16,24-25,27,34,43H,7,14-15,17-23H2,1-6H3,(H,44,52)(H,45,50). The minimum absolute atomic E-state index is 0.0229. The Kier molecular flexibility index (Phi) is 12.6. The van der Waals surface area contributed by atoms with Crippen molar-refractivity contribution >= 4 is 35.1 Å². The molecule has 288 valence electrons. The van der Waals surface area contributed by atoms with Crippen molar-refractivity contribution in [1.82, 2.24) is 30.5 Å². The summed E-state index contributed by atoms with van der Waals surface area (Å²) in [5.41, 5.74) is 10.1. The van der Waals surface area contributed by atoms with Crippen LogP contribution in [0, 0.1) is 0 Å². The molecule has 2 aromatic carbocycles. The molecule has 1 aliphatic carbocycles. The number of anilines is 1. The highest BCUT2D eigenvalue weighted by Gasteiger charge is 2.33. The molecule has 3 N–H and O–H groups in total. The van der Waals surface area contributed by atoms with Crippen molar-refractivity contribution in [3.8, 4) is 28.3 Å². The Bertz CT molecular complexity index is 1920. The molecule has 0 saturated carbocycles. The summed E-state index contributed by atoms with van der Waals surface area (Å²) in [6, 6.07) is 14.1. The van der Waals surface area contributed by atoms with Crippen molar-refractivity contribution in [2.45, 2.75) is 64.0 Å². The zero-order chi connectivity index (χ0) is 38.5. The summed E-state index contributed by atoms with van der Waals surface area (Å²) in [5.74, 6) is -0.158. The van der Waals surface area contributed by atoms with E-state index in [0.29, 0.717) is 36.3 Å². The van der Waals surface area contributed by atoms with Gasteiger partial charge >= 0.3 is 6.03 Å². The van der Waals surface area contributed by atoms with Gasteiger partial charge in [-0.2, -0.15) is 0 Å². The fourth-order valence-electron chi connectivity index (χ4n) is 7.80. The number of nitrogens with one attached hydrogen (secondary N) is 3. The number of hydrogen-bond acceptors (Lipinski definition) is 8. The quantitative estimate of drug-likeness (QED) is 0.167. The summed E-state index contributed by atoms with van der Waals surface area (Å²) >= 11 is 7.32. The number of hydrazine groups is 1. The fourth-order valence-corrected chi connectivity index (χ4v) is 8.12. The van der Waals surface area contributed by atoms with Gasteiger partial charge in [0.1, 0.15) is 5.57 Å². The first-order chi connectivity index (χ1) is 26.1. The number of likely N-dealkylation sites (N-methyl/N-ethyl adjacent to an activating group) is 1. The number of ether oxygens (including phenoxy) is 2. The van der Waals surface area contributed by atoms with E-state index in [1.165, 1.54) is 10.6 Å². The van der Waals surface area contributed by atoms with E-state index in [9.17, 15) is 14.4 Å². The molecule has 12 nitrogen and oxygen atoms in total. The topological polar surface area (TPSA) is 128 Å². The highest BCUT2D eigenvalue weighted by molar-refractivity contribution is 6.36. The molecule has 1 saturated heterocycles. The van der Waals surface area contributed by atoms with Crippen LogP contribution in [0.25, 0.3) is 22.4 Å². The fraction of sp³-hybridized carbons (Fsp3) is 0.463. The minimum Gasteiger partial charge on any atom is -0.481 e. The average Bonchev–Trinajstić information content (AvgIpc) is 3.61. The normalized spacial score (nSPS) is 19.1. The number of carbonyl (C=O) groups excluding carboxylic acids is 3. The third-order valence-electron chi connectivity index (χ3n) is 11.1. The molecule has 3 unspecified atom stereocenters. The first kappa shape index (κ1) is 39.2. The number of nitrogens with zero attached hydrogens (tertiary/aromatic N) is 4. The predicted molar refractivity (Wildman–Crippen MR) is 212 cm³/mol. The van der Waals surface area contributed by atoms with Crippen LogP contribution in [0.1, 0.15) is 68.2 Å². The maximum absolute atomic E-state index is 13.4. The highest BCUT2D eigenvalue weighted by atomic mass is 35.5. The van der Waals surface area contributed by atoms with Crippen molar-refractivity contribution in [2.24, 2.45) is 0 Å². The maximum Gasteiger partial charge on any atom is 0.317 e. The van der Waals surface area contributed by atoms with E-state index in [2.05, 4.69) is 47.9 Å². The van der Waals surface area contributed by atoms with Crippen LogP contribution >= 0.6 is 11.6 Å². The second-order valence-electron chi connectivity index (χ2n) is 14.4. The third-order valence-corrected chi connectivity index (χ3v) is 11.5. The summed E-state index contributed by atoms with van der Waals surface area (Å²) in [6.45, 7) is 7.31. The number of aryl methyl sites for hydroxylation is 1. The smallest absolute Gasteiger partial charge is 0.317 e. The summed E-state index contributed by atoms with van der Waals surface area (Å²) in [7, 11) is 7.05. The monoisotopic (exact) mass is 757 g/mol. The number of benzene rings is 2. The van der Waals surface area contributed by atoms with Crippen molar-refractivity contribution in [1.29, 1.82) is 0 Å². The van der Waals surface area contributed by atoms with Crippen LogP contribution in [-0.4, -0.2) is 105 Å². The average molecular weight is 758 g/mol.